The first-order chi connectivity index (χ1) is 22.1. The minimum Gasteiger partial charge on any atom is -0.393 e. The van der Waals surface area contributed by atoms with E-state index >= 15 is 0 Å². The summed E-state index contributed by atoms with van der Waals surface area (Å²) >= 11 is 0. The molecular weight excluding hydrogens is 580 g/mol. The number of rotatable bonds is 2. The molecule has 0 spiro atoms. The van der Waals surface area contributed by atoms with Gasteiger partial charge in [-0.25, -0.2) is 0 Å². The SMILES string of the molecule is CC1(C)CC[C@H]2[C@@H]3CC[C@H]4C[C@](C)(O)CC[C@@H]4[C@H]3CC[C@@]21C.CO[C@H]1C[C@]2(C)[C@@H](OC)CC[C@H]2[C@@H]2CC[C@H]3C[C@H](O)[C@H](C)C[C@]3(C)[C@H]21. The Morgan fingerprint density at radius 2 is 1.34 bits per heavy atom. The molecule has 270 valence electrons. The van der Waals surface area contributed by atoms with Gasteiger partial charge in [-0.15, -0.1) is 0 Å². The summed E-state index contributed by atoms with van der Waals surface area (Å²) in [7, 11) is 3.82. The minimum absolute atomic E-state index is 0.103. The van der Waals surface area contributed by atoms with Crippen LogP contribution in [-0.2, 0) is 9.47 Å². The van der Waals surface area contributed by atoms with Crippen molar-refractivity contribution in [2.75, 3.05) is 14.2 Å². The van der Waals surface area contributed by atoms with Gasteiger partial charge >= 0.3 is 0 Å². The molecule has 0 unspecified atom stereocenters. The van der Waals surface area contributed by atoms with Crippen LogP contribution in [0.5, 0.6) is 0 Å². The molecule has 2 N–H and O–H groups in total. The molecule has 8 rings (SSSR count). The fourth-order valence-corrected chi connectivity index (χ4v) is 15.8. The molecule has 8 fully saturated rings. The van der Waals surface area contributed by atoms with Gasteiger partial charge in [0.1, 0.15) is 0 Å². The van der Waals surface area contributed by atoms with Crippen LogP contribution in [0.3, 0.4) is 0 Å². The van der Waals surface area contributed by atoms with E-state index in [1.807, 2.05) is 14.2 Å². The molecule has 0 amide bonds. The maximum atomic E-state index is 10.5. The van der Waals surface area contributed by atoms with Gasteiger partial charge in [-0.05, 0) is 190 Å². The third-order valence-electron chi connectivity index (χ3n) is 18.7. The first-order valence-corrected chi connectivity index (χ1v) is 20.5. The van der Waals surface area contributed by atoms with Crippen molar-refractivity contribution in [1.82, 2.24) is 0 Å². The topological polar surface area (TPSA) is 58.9 Å². The summed E-state index contributed by atoms with van der Waals surface area (Å²) < 4.78 is 12.1. The first-order valence-electron chi connectivity index (χ1n) is 20.5. The Balaban J connectivity index is 0.000000151. The summed E-state index contributed by atoms with van der Waals surface area (Å²) in [5, 5.41) is 20.9. The van der Waals surface area contributed by atoms with E-state index in [9.17, 15) is 10.2 Å². The van der Waals surface area contributed by atoms with Crippen molar-refractivity contribution in [2.45, 2.75) is 175 Å². The van der Waals surface area contributed by atoms with Crippen molar-refractivity contribution < 1.29 is 19.7 Å². The number of ether oxygens (including phenoxy) is 2. The van der Waals surface area contributed by atoms with Crippen LogP contribution in [0.25, 0.3) is 0 Å². The molecule has 0 bridgehead atoms. The number of fused-ring (bicyclic) bond motifs is 10. The van der Waals surface area contributed by atoms with E-state index in [1.54, 1.807) is 0 Å². The van der Waals surface area contributed by atoms with Gasteiger partial charge in [0.05, 0.1) is 23.9 Å². The van der Waals surface area contributed by atoms with E-state index in [0.29, 0.717) is 46.2 Å². The van der Waals surface area contributed by atoms with Crippen LogP contribution in [0.4, 0.5) is 0 Å². The van der Waals surface area contributed by atoms with Gasteiger partial charge in [0, 0.05) is 14.2 Å². The third-order valence-corrected chi connectivity index (χ3v) is 18.7. The highest BCUT2D eigenvalue weighted by Crippen LogP contribution is 2.69. The Morgan fingerprint density at radius 3 is 2.06 bits per heavy atom. The highest BCUT2D eigenvalue weighted by atomic mass is 16.5. The molecular formula is C43H74O4. The molecule has 0 radical (unpaired) electrons. The highest BCUT2D eigenvalue weighted by Gasteiger charge is 2.64. The van der Waals surface area contributed by atoms with Crippen LogP contribution in [0, 0.1) is 80.8 Å². The van der Waals surface area contributed by atoms with Crippen molar-refractivity contribution in [2.24, 2.45) is 80.8 Å². The zero-order valence-corrected chi connectivity index (χ0v) is 32.0. The quantitative estimate of drug-likeness (QED) is 0.311. The van der Waals surface area contributed by atoms with Crippen molar-refractivity contribution >= 4 is 0 Å². The normalized spacial score (nSPS) is 57.6. The molecule has 0 saturated heterocycles. The van der Waals surface area contributed by atoms with Crippen molar-refractivity contribution in [1.29, 1.82) is 0 Å². The lowest BCUT2D eigenvalue weighted by molar-refractivity contribution is -0.199. The van der Waals surface area contributed by atoms with Crippen LogP contribution in [0.2, 0.25) is 0 Å². The smallest absolute Gasteiger partial charge is 0.0628 e. The highest BCUT2D eigenvalue weighted by molar-refractivity contribution is 5.13. The summed E-state index contributed by atoms with van der Waals surface area (Å²) in [6.07, 6.45) is 21.3. The van der Waals surface area contributed by atoms with Gasteiger partial charge in [-0.1, -0.05) is 41.5 Å². The maximum Gasteiger partial charge on any atom is 0.0628 e. The van der Waals surface area contributed by atoms with Crippen LogP contribution in [0.15, 0.2) is 0 Å². The number of hydrogen-bond acceptors (Lipinski definition) is 4. The Labute approximate surface area is 289 Å². The van der Waals surface area contributed by atoms with Gasteiger partial charge in [0.25, 0.3) is 0 Å². The van der Waals surface area contributed by atoms with Gasteiger partial charge in [-0.3, -0.25) is 0 Å². The Morgan fingerprint density at radius 1 is 0.617 bits per heavy atom. The average molecular weight is 655 g/mol. The van der Waals surface area contributed by atoms with E-state index in [2.05, 4.69) is 48.5 Å². The van der Waals surface area contributed by atoms with Gasteiger partial charge in [0.15, 0.2) is 0 Å². The lowest BCUT2D eigenvalue weighted by Gasteiger charge is -2.63. The van der Waals surface area contributed by atoms with Crippen LogP contribution in [-0.4, -0.2) is 48.3 Å². The van der Waals surface area contributed by atoms with E-state index in [1.165, 1.54) is 70.6 Å². The summed E-state index contributed by atoms with van der Waals surface area (Å²) in [6.45, 7) is 17.0. The van der Waals surface area contributed by atoms with E-state index in [0.717, 1.165) is 73.5 Å². The van der Waals surface area contributed by atoms with Gasteiger partial charge < -0.3 is 19.7 Å². The van der Waals surface area contributed by atoms with Crippen LogP contribution >= 0.6 is 0 Å². The Bertz CT molecular complexity index is 1130. The largest absolute Gasteiger partial charge is 0.393 e. The number of aliphatic hydroxyl groups excluding tert-OH is 1. The molecule has 0 heterocycles. The molecule has 4 nitrogen and oxygen atoms in total. The Hall–Kier alpha value is -0.160. The monoisotopic (exact) mass is 655 g/mol. The molecule has 8 saturated carbocycles. The molecule has 0 aromatic rings. The average Bonchev–Trinajstić information content (AvgIpc) is 3.48. The molecule has 8 aliphatic carbocycles. The molecule has 17 atom stereocenters. The predicted molar refractivity (Wildman–Crippen MR) is 191 cm³/mol. The molecule has 47 heavy (non-hydrogen) atoms. The zero-order chi connectivity index (χ0) is 33.7. The van der Waals surface area contributed by atoms with Crippen LogP contribution in [0.1, 0.15) is 151 Å². The number of aliphatic hydroxyl groups is 2. The van der Waals surface area contributed by atoms with E-state index in [-0.39, 0.29) is 17.1 Å². The summed E-state index contributed by atoms with van der Waals surface area (Å²) in [4.78, 5) is 0. The molecule has 4 heteroatoms. The fraction of sp³-hybridized carbons (Fsp3) is 1.00. The lowest BCUT2D eigenvalue weighted by Crippen LogP contribution is -2.60. The summed E-state index contributed by atoms with van der Waals surface area (Å²) in [5.74, 6) is 8.04. The third kappa shape index (κ3) is 5.48. The molecule has 0 aromatic carbocycles. The Kier molecular flexibility index (Phi) is 9.17. The fourth-order valence-electron chi connectivity index (χ4n) is 15.8. The standard InChI is InChI=1S/C22H38O3.C21H36O/c1-13-11-21(2)14(10-17(13)23)6-7-15-16-8-9-19(25-5)22(16,3)12-18(24-4)20(15)21;1-19(2)10-9-18-17-6-5-14-13-20(3,22)11-7-15(14)16(17)8-12-21(18,19)4/h13-20,23H,6-12H2,1-5H3;14-18,22H,5-13H2,1-4H3/t13-,14+,15+,16+,17+,18+,19+,20-,21+,22+;14-,15-,16+,17+,18-,20+,21-/m10/s1. The number of methoxy groups -OCH3 is 2. The minimum atomic E-state index is -0.369. The van der Waals surface area contributed by atoms with Gasteiger partial charge in [0.2, 0.25) is 0 Å². The van der Waals surface area contributed by atoms with Crippen LogP contribution < -0.4 is 0 Å². The zero-order valence-electron chi connectivity index (χ0n) is 32.0. The second-order valence-corrected chi connectivity index (χ2v) is 20.9. The predicted octanol–water partition coefficient (Wildman–Crippen LogP) is 9.69. The van der Waals surface area contributed by atoms with Gasteiger partial charge in [-0.2, -0.15) is 0 Å². The molecule has 0 aromatic heterocycles. The van der Waals surface area contributed by atoms with E-state index in [4.69, 9.17) is 9.47 Å². The molecule has 0 aliphatic heterocycles. The number of hydrogen-bond donors (Lipinski definition) is 2. The molecule has 8 aliphatic rings. The van der Waals surface area contributed by atoms with Crippen molar-refractivity contribution in [3.8, 4) is 0 Å². The second kappa shape index (κ2) is 12.2. The van der Waals surface area contributed by atoms with Crippen molar-refractivity contribution in [3.63, 3.8) is 0 Å². The summed E-state index contributed by atoms with van der Waals surface area (Å²) in [5.41, 5.74) is 1.39. The maximum absolute atomic E-state index is 10.5. The second-order valence-electron chi connectivity index (χ2n) is 20.9. The first kappa shape index (κ1) is 35.3. The lowest BCUT2D eigenvalue weighted by atomic mass is 9.43. The summed E-state index contributed by atoms with van der Waals surface area (Å²) in [6, 6.07) is 0. The van der Waals surface area contributed by atoms with Crippen molar-refractivity contribution in [3.05, 3.63) is 0 Å². The van der Waals surface area contributed by atoms with E-state index < -0.39 is 0 Å².